The molecule has 0 saturated carbocycles. The number of hydrogen-bond acceptors (Lipinski definition) is 4. The van der Waals surface area contributed by atoms with Crippen LogP contribution in [0, 0.1) is 6.92 Å². The zero-order valence-corrected chi connectivity index (χ0v) is 10.5. The first-order valence-electron chi connectivity index (χ1n) is 5.70. The molecule has 2 aromatic rings. The van der Waals surface area contributed by atoms with Gasteiger partial charge in [0.15, 0.2) is 0 Å². The lowest BCUT2D eigenvalue weighted by molar-refractivity contribution is 0.549. The average molecular weight is 230 g/mol. The van der Waals surface area contributed by atoms with Crippen molar-refractivity contribution >= 4 is 16.7 Å². The zero-order valence-electron chi connectivity index (χ0n) is 10.5. The minimum absolute atomic E-state index is 0.263. The number of aryl methyl sites for hydroxylation is 1. The predicted octanol–water partition coefficient (Wildman–Crippen LogP) is 2.09. The summed E-state index contributed by atoms with van der Waals surface area (Å²) in [5.41, 5.74) is 7.83. The summed E-state index contributed by atoms with van der Waals surface area (Å²) in [5.74, 6) is 0.845. The SMILES string of the molecule is Cc1ccc2ncnc(NCC(C)(C)N)c2c1. The molecule has 2 rings (SSSR count). The van der Waals surface area contributed by atoms with Crippen molar-refractivity contribution in [2.45, 2.75) is 26.3 Å². The van der Waals surface area contributed by atoms with E-state index in [9.17, 15) is 0 Å². The molecule has 1 heterocycles. The molecule has 17 heavy (non-hydrogen) atoms. The summed E-state index contributed by atoms with van der Waals surface area (Å²) < 4.78 is 0. The van der Waals surface area contributed by atoms with E-state index in [-0.39, 0.29) is 5.54 Å². The molecule has 0 atom stereocenters. The van der Waals surface area contributed by atoms with Crippen LogP contribution in [0.25, 0.3) is 10.9 Å². The van der Waals surface area contributed by atoms with Crippen LogP contribution < -0.4 is 11.1 Å². The summed E-state index contributed by atoms with van der Waals surface area (Å²) in [7, 11) is 0. The Morgan fingerprint density at radius 1 is 1.29 bits per heavy atom. The van der Waals surface area contributed by atoms with Crippen molar-refractivity contribution in [2.24, 2.45) is 5.73 Å². The molecule has 0 aliphatic carbocycles. The fraction of sp³-hybridized carbons (Fsp3) is 0.385. The molecule has 1 aromatic carbocycles. The van der Waals surface area contributed by atoms with E-state index in [0.29, 0.717) is 6.54 Å². The number of aromatic nitrogens is 2. The van der Waals surface area contributed by atoms with Gasteiger partial charge in [-0.3, -0.25) is 0 Å². The van der Waals surface area contributed by atoms with Crippen LogP contribution in [-0.4, -0.2) is 22.1 Å². The Morgan fingerprint density at radius 2 is 2.06 bits per heavy atom. The standard InChI is InChI=1S/C13H18N4/c1-9-4-5-11-10(6-9)12(17-8-16-11)15-7-13(2,3)14/h4-6,8H,7,14H2,1-3H3,(H,15,16,17). The Kier molecular flexibility index (Phi) is 2.98. The maximum absolute atomic E-state index is 5.95. The fourth-order valence-corrected chi connectivity index (χ4v) is 1.62. The number of fused-ring (bicyclic) bond motifs is 1. The molecular weight excluding hydrogens is 212 g/mol. The molecule has 0 aliphatic heterocycles. The molecule has 4 nitrogen and oxygen atoms in total. The van der Waals surface area contributed by atoms with Crippen LogP contribution in [-0.2, 0) is 0 Å². The van der Waals surface area contributed by atoms with Gasteiger partial charge in [-0.05, 0) is 32.9 Å². The monoisotopic (exact) mass is 230 g/mol. The third-order valence-electron chi connectivity index (χ3n) is 2.50. The van der Waals surface area contributed by atoms with Crippen LogP contribution in [0.1, 0.15) is 19.4 Å². The first-order chi connectivity index (χ1) is 7.96. The van der Waals surface area contributed by atoms with E-state index >= 15 is 0 Å². The Labute approximate surface area is 101 Å². The summed E-state index contributed by atoms with van der Waals surface area (Å²) in [4.78, 5) is 8.52. The van der Waals surface area contributed by atoms with Crippen molar-refractivity contribution in [3.63, 3.8) is 0 Å². The normalized spacial score (nSPS) is 11.8. The van der Waals surface area contributed by atoms with Crippen LogP contribution in [0.4, 0.5) is 5.82 Å². The lowest BCUT2D eigenvalue weighted by atomic mass is 10.1. The maximum atomic E-state index is 5.95. The van der Waals surface area contributed by atoms with Gasteiger partial charge in [0.25, 0.3) is 0 Å². The molecule has 1 aromatic heterocycles. The highest BCUT2D eigenvalue weighted by Gasteiger charge is 2.11. The third-order valence-corrected chi connectivity index (χ3v) is 2.50. The van der Waals surface area contributed by atoms with Gasteiger partial charge in [0.2, 0.25) is 0 Å². The van der Waals surface area contributed by atoms with Gasteiger partial charge >= 0.3 is 0 Å². The Bertz CT molecular complexity index is 528. The third kappa shape index (κ3) is 2.91. The topological polar surface area (TPSA) is 63.8 Å². The summed E-state index contributed by atoms with van der Waals surface area (Å²) >= 11 is 0. The number of nitrogens with one attached hydrogen (secondary N) is 1. The predicted molar refractivity (Wildman–Crippen MR) is 71.0 cm³/mol. The van der Waals surface area contributed by atoms with Gasteiger partial charge in [0, 0.05) is 17.5 Å². The molecule has 4 heteroatoms. The van der Waals surface area contributed by atoms with Gasteiger partial charge in [0.05, 0.1) is 5.52 Å². The van der Waals surface area contributed by atoms with Crippen molar-refractivity contribution in [3.05, 3.63) is 30.1 Å². The highest BCUT2D eigenvalue weighted by atomic mass is 15.0. The van der Waals surface area contributed by atoms with Crippen LogP contribution >= 0.6 is 0 Å². The molecule has 90 valence electrons. The summed E-state index contributed by atoms with van der Waals surface area (Å²) in [6, 6.07) is 6.14. The quantitative estimate of drug-likeness (QED) is 0.847. The van der Waals surface area contributed by atoms with Crippen molar-refractivity contribution < 1.29 is 0 Å². The van der Waals surface area contributed by atoms with E-state index in [0.717, 1.165) is 16.7 Å². The van der Waals surface area contributed by atoms with Crippen molar-refractivity contribution in [3.8, 4) is 0 Å². The molecule has 0 spiro atoms. The summed E-state index contributed by atoms with van der Waals surface area (Å²) in [6.07, 6.45) is 1.57. The molecule has 0 fully saturated rings. The van der Waals surface area contributed by atoms with Crippen molar-refractivity contribution in [1.29, 1.82) is 0 Å². The van der Waals surface area contributed by atoms with Crippen LogP contribution in [0.3, 0.4) is 0 Å². The van der Waals surface area contributed by atoms with Gasteiger partial charge in [-0.1, -0.05) is 11.6 Å². The zero-order chi connectivity index (χ0) is 12.5. The highest BCUT2D eigenvalue weighted by molar-refractivity contribution is 5.89. The number of rotatable bonds is 3. The van der Waals surface area contributed by atoms with Crippen LogP contribution in [0.2, 0.25) is 0 Å². The molecular formula is C13H18N4. The number of benzene rings is 1. The Morgan fingerprint density at radius 3 is 2.76 bits per heavy atom. The van der Waals surface area contributed by atoms with Crippen molar-refractivity contribution in [2.75, 3.05) is 11.9 Å². The maximum Gasteiger partial charge on any atom is 0.137 e. The van der Waals surface area contributed by atoms with E-state index in [1.54, 1.807) is 6.33 Å². The van der Waals surface area contributed by atoms with Gasteiger partial charge < -0.3 is 11.1 Å². The minimum Gasteiger partial charge on any atom is -0.368 e. The Balaban J connectivity index is 2.36. The Hall–Kier alpha value is -1.68. The molecule has 0 aliphatic rings. The van der Waals surface area contributed by atoms with Gasteiger partial charge in [-0.25, -0.2) is 9.97 Å². The molecule has 0 unspecified atom stereocenters. The second-order valence-electron chi connectivity index (χ2n) is 5.09. The lowest BCUT2D eigenvalue weighted by Gasteiger charge is -2.19. The summed E-state index contributed by atoms with van der Waals surface area (Å²) in [5, 5.41) is 4.32. The molecule has 3 N–H and O–H groups in total. The van der Waals surface area contributed by atoms with Gasteiger partial charge in [-0.15, -0.1) is 0 Å². The molecule has 0 saturated heterocycles. The minimum atomic E-state index is -0.263. The van der Waals surface area contributed by atoms with Gasteiger partial charge in [-0.2, -0.15) is 0 Å². The summed E-state index contributed by atoms with van der Waals surface area (Å²) in [6.45, 7) is 6.69. The van der Waals surface area contributed by atoms with E-state index in [4.69, 9.17) is 5.73 Å². The van der Waals surface area contributed by atoms with Gasteiger partial charge in [0.1, 0.15) is 12.1 Å². The van der Waals surface area contributed by atoms with E-state index < -0.39 is 0 Å². The smallest absolute Gasteiger partial charge is 0.137 e. The second-order valence-corrected chi connectivity index (χ2v) is 5.09. The number of hydrogen-bond donors (Lipinski definition) is 2. The first-order valence-corrected chi connectivity index (χ1v) is 5.70. The number of nitrogens with two attached hydrogens (primary N) is 1. The van der Waals surface area contributed by atoms with Crippen LogP contribution in [0.15, 0.2) is 24.5 Å². The first kappa shape index (κ1) is 11.8. The molecule has 0 radical (unpaired) electrons. The van der Waals surface area contributed by atoms with E-state index in [2.05, 4.69) is 28.3 Å². The second kappa shape index (κ2) is 4.30. The molecule has 0 amide bonds. The fourth-order valence-electron chi connectivity index (χ4n) is 1.62. The number of nitrogens with zero attached hydrogens (tertiary/aromatic N) is 2. The van der Waals surface area contributed by atoms with Crippen LogP contribution in [0.5, 0.6) is 0 Å². The van der Waals surface area contributed by atoms with Crippen molar-refractivity contribution in [1.82, 2.24) is 9.97 Å². The average Bonchev–Trinajstić information content (AvgIpc) is 2.25. The highest BCUT2D eigenvalue weighted by Crippen LogP contribution is 2.20. The van der Waals surface area contributed by atoms with E-state index in [1.807, 2.05) is 26.0 Å². The number of anilines is 1. The molecule has 0 bridgehead atoms. The lowest BCUT2D eigenvalue weighted by Crippen LogP contribution is -2.39. The van der Waals surface area contributed by atoms with E-state index in [1.165, 1.54) is 5.56 Å². The largest absolute Gasteiger partial charge is 0.368 e.